The number of ether oxygens (including phenoxy) is 2. The molecule has 0 heterocycles. The molecule has 7 nitrogen and oxygen atoms in total. The number of esters is 1. The summed E-state index contributed by atoms with van der Waals surface area (Å²) in [5, 5.41) is 1.85. The van der Waals surface area contributed by atoms with Crippen LogP contribution in [0.15, 0.2) is 24.3 Å². The van der Waals surface area contributed by atoms with Gasteiger partial charge in [0.2, 0.25) is 0 Å². The first kappa shape index (κ1) is 17.5. The average Bonchev–Trinajstić information content (AvgIpc) is 2.46. The molecule has 1 rings (SSSR count). The number of hydrogen-bond donors (Lipinski definition) is 2. The fourth-order valence-corrected chi connectivity index (χ4v) is 1.78. The Kier molecular flexibility index (Phi) is 6.88. The number of primary amides is 1. The van der Waals surface area contributed by atoms with E-state index in [1.54, 1.807) is 0 Å². The van der Waals surface area contributed by atoms with Crippen molar-refractivity contribution in [2.24, 2.45) is 5.73 Å². The molecule has 0 aliphatic heterocycles. The predicted molar refractivity (Wildman–Crippen MR) is 79.2 cm³/mol. The molecule has 0 saturated heterocycles. The summed E-state index contributed by atoms with van der Waals surface area (Å²) in [7, 11) is 0. The lowest BCUT2D eigenvalue weighted by atomic mass is 10.1. The van der Waals surface area contributed by atoms with E-state index >= 15 is 0 Å². The number of para-hydroxylation sites is 1. The third kappa shape index (κ3) is 5.82. The Morgan fingerprint density at radius 3 is 2.59 bits per heavy atom. The number of rotatable bonds is 7. The van der Waals surface area contributed by atoms with Crippen LogP contribution in [0.2, 0.25) is 0 Å². The molecule has 1 unspecified atom stereocenters. The lowest BCUT2D eigenvalue weighted by molar-refractivity contribution is -0.154. The van der Waals surface area contributed by atoms with E-state index in [9.17, 15) is 14.4 Å². The second-order valence-corrected chi connectivity index (χ2v) is 4.53. The fourth-order valence-electron chi connectivity index (χ4n) is 1.78. The molecule has 1 atom stereocenters. The minimum Gasteiger partial charge on any atom is -0.494 e. The van der Waals surface area contributed by atoms with Gasteiger partial charge < -0.3 is 15.2 Å². The molecule has 3 amide bonds. The highest BCUT2D eigenvalue weighted by Crippen LogP contribution is 2.19. The lowest BCUT2D eigenvalue weighted by Gasteiger charge is -2.13. The molecule has 0 bridgehead atoms. The maximum atomic E-state index is 11.7. The Hall–Kier alpha value is -2.57. The first-order valence-corrected chi connectivity index (χ1v) is 6.94. The van der Waals surface area contributed by atoms with Gasteiger partial charge in [-0.05, 0) is 31.9 Å². The Bertz CT molecular complexity index is 544. The van der Waals surface area contributed by atoms with Crippen LogP contribution in [0, 0.1) is 0 Å². The molecule has 0 saturated carbocycles. The molecule has 0 aromatic heterocycles. The smallest absolute Gasteiger partial charge is 0.318 e. The zero-order chi connectivity index (χ0) is 16.5. The van der Waals surface area contributed by atoms with Gasteiger partial charge in [0.15, 0.2) is 6.10 Å². The van der Waals surface area contributed by atoms with Crippen molar-refractivity contribution in [3.05, 3.63) is 29.8 Å². The van der Waals surface area contributed by atoms with E-state index in [4.69, 9.17) is 15.2 Å². The quantitative estimate of drug-likeness (QED) is 0.734. The number of urea groups is 1. The largest absolute Gasteiger partial charge is 0.494 e. The van der Waals surface area contributed by atoms with Crippen molar-refractivity contribution in [1.29, 1.82) is 0 Å². The molecule has 1 aromatic rings. The third-order valence-corrected chi connectivity index (χ3v) is 2.79. The highest BCUT2D eigenvalue weighted by molar-refractivity contribution is 5.96. The number of nitrogens with two attached hydrogens (primary N) is 1. The van der Waals surface area contributed by atoms with Gasteiger partial charge in [0, 0.05) is 6.42 Å². The number of carbonyl (C=O) groups is 3. The first-order chi connectivity index (χ1) is 10.4. The number of carbonyl (C=O) groups excluding carboxylic acids is 3. The lowest BCUT2D eigenvalue weighted by Crippen LogP contribution is -2.42. The highest BCUT2D eigenvalue weighted by atomic mass is 16.5. The van der Waals surface area contributed by atoms with Crippen LogP contribution in [0.5, 0.6) is 5.75 Å². The number of nitrogens with one attached hydrogen (secondary N) is 1. The van der Waals surface area contributed by atoms with Crippen LogP contribution < -0.4 is 15.8 Å². The van der Waals surface area contributed by atoms with E-state index in [2.05, 4.69) is 0 Å². The number of benzene rings is 1. The zero-order valence-electron chi connectivity index (χ0n) is 12.6. The van der Waals surface area contributed by atoms with Gasteiger partial charge in [-0.3, -0.25) is 14.9 Å². The zero-order valence-corrected chi connectivity index (χ0v) is 12.6. The summed E-state index contributed by atoms with van der Waals surface area (Å²) in [6.45, 7) is 3.78. The summed E-state index contributed by atoms with van der Waals surface area (Å²) in [4.78, 5) is 33.7. The summed E-state index contributed by atoms with van der Waals surface area (Å²) >= 11 is 0. The maximum absolute atomic E-state index is 11.7. The van der Waals surface area contributed by atoms with Gasteiger partial charge in [-0.25, -0.2) is 4.79 Å². The van der Waals surface area contributed by atoms with E-state index in [0.717, 1.165) is 11.3 Å². The minimum absolute atomic E-state index is 0.0955. The Morgan fingerprint density at radius 1 is 1.27 bits per heavy atom. The van der Waals surface area contributed by atoms with E-state index in [0.29, 0.717) is 13.0 Å². The Balaban J connectivity index is 2.49. The monoisotopic (exact) mass is 308 g/mol. The summed E-state index contributed by atoms with van der Waals surface area (Å²) in [6.07, 6.45) is -0.556. The predicted octanol–water partition coefficient (Wildman–Crippen LogP) is 1.14. The first-order valence-electron chi connectivity index (χ1n) is 6.94. The van der Waals surface area contributed by atoms with E-state index in [1.807, 2.05) is 36.5 Å². The molecular formula is C15H20N2O5. The molecule has 3 N–H and O–H groups in total. The summed E-state index contributed by atoms with van der Waals surface area (Å²) < 4.78 is 10.4. The molecule has 0 spiro atoms. The molecule has 120 valence electrons. The van der Waals surface area contributed by atoms with E-state index in [1.165, 1.54) is 6.92 Å². The van der Waals surface area contributed by atoms with Crippen molar-refractivity contribution < 1.29 is 23.9 Å². The molecule has 0 aliphatic rings. The number of hydrogen-bond acceptors (Lipinski definition) is 5. The maximum Gasteiger partial charge on any atom is 0.318 e. The van der Waals surface area contributed by atoms with Crippen molar-refractivity contribution in [3.63, 3.8) is 0 Å². The fraction of sp³-hybridized carbons (Fsp3) is 0.400. The summed E-state index contributed by atoms with van der Waals surface area (Å²) in [5.41, 5.74) is 5.70. The van der Waals surface area contributed by atoms with Gasteiger partial charge >= 0.3 is 12.0 Å². The summed E-state index contributed by atoms with van der Waals surface area (Å²) in [6, 6.07) is 6.41. The van der Waals surface area contributed by atoms with Crippen molar-refractivity contribution in [1.82, 2.24) is 5.32 Å². The molecule has 0 fully saturated rings. The molecular weight excluding hydrogens is 288 g/mol. The van der Waals surface area contributed by atoms with Crippen LogP contribution in [-0.2, 0) is 20.7 Å². The SMILES string of the molecule is CCOc1ccccc1CCC(=O)OC(C)C(=O)NC(N)=O. The van der Waals surface area contributed by atoms with E-state index < -0.39 is 24.0 Å². The summed E-state index contributed by atoms with van der Waals surface area (Å²) in [5.74, 6) is -0.577. The molecule has 0 aliphatic carbocycles. The van der Waals surface area contributed by atoms with Crippen molar-refractivity contribution in [3.8, 4) is 5.75 Å². The Morgan fingerprint density at radius 2 is 1.95 bits per heavy atom. The standard InChI is InChI=1S/C15H20N2O5/c1-3-21-12-7-5-4-6-11(12)8-9-13(18)22-10(2)14(19)17-15(16)20/h4-7,10H,3,8-9H2,1-2H3,(H3,16,17,19,20). The highest BCUT2D eigenvalue weighted by Gasteiger charge is 2.19. The second-order valence-electron chi connectivity index (χ2n) is 4.53. The number of aryl methyl sites for hydroxylation is 1. The van der Waals surface area contributed by atoms with Gasteiger partial charge in [0.1, 0.15) is 5.75 Å². The number of amides is 3. The van der Waals surface area contributed by atoms with E-state index in [-0.39, 0.29) is 6.42 Å². The van der Waals surface area contributed by atoms with Crippen LogP contribution in [0.4, 0.5) is 4.79 Å². The van der Waals surface area contributed by atoms with Crippen molar-refractivity contribution in [2.45, 2.75) is 32.8 Å². The van der Waals surface area contributed by atoms with Gasteiger partial charge in [0.05, 0.1) is 6.61 Å². The normalized spacial score (nSPS) is 11.4. The number of imide groups is 1. The minimum atomic E-state index is -1.08. The van der Waals surface area contributed by atoms with Crippen LogP contribution in [-0.4, -0.2) is 30.6 Å². The van der Waals surface area contributed by atoms with Crippen LogP contribution in [0.3, 0.4) is 0 Å². The van der Waals surface area contributed by atoms with Gasteiger partial charge in [-0.1, -0.05) is 18.2 Å². The molecule has 7 heteroatoms. The molecule has 0 radical (unpaired) electrons. The van der Waals surface area contributed by atoms with Gasteiger partial charge in [-0.15, -0.1) is 0 Å². The van der Waals surface area contributed by atoms with Gasteiger partial charge in [-0.2, -0.15) is 0 Å². The Labute approximate surface area is 128 Å². The topological polar surface area (TPSA) is 108 Å². The van der Waals surface area contributed by atoms with Crippen molar-refractivity contribution in [2.75, 3.05) is 6.61 Å². The average molecular weight is 308 g/mol. The van der Waals surface area contributed by atoms with Gasteiger partial charge in [0.25, 0.3) is 5.91 Å². The third-order valence-electron chi connectivity index (χ3n) is 2.79. The molecule has 1 aromatic carbocycles. The van der Waals surface area contributed by atoms with Crippen LogP contribution in [0.1, 0.15) is 25.8 Å². The van der Waals surface area contributed by atoms with Crippen LogP contribution in [0.25, 0.3) is 0 Å². The second kappa shape index (κ2) is 8.66. The van der Waals surface area contributed by atoms with Crippen molar-refractivity contribution >= 4 is 17.9 Å². The van der Waals surface area contributed by atoms with Crippen LogP contribution >= 0.6 is 0 Å². The molecule has 22 heavy (non-hydrogen) atoms.